The molecule has 17 heavy (non-hydrogen) atoms. The van der Waals surface area contributed by atoms with E-state index in [9.17, 15) is 4.79 Å². The summed E-state index contributed by atoms with van der Waals surface area (Å²) in [5, 5.41) is 0. The number of hydrogen-bond acceptors (Lipinski definition) is 3. The van der Waals surface area contributed by atoms with E-state index in [1.165, 1.54) is 5.69 Å². The molecule has 1 aromatic rings. The maximum atomic E-state index is 11.7. The maximum Gasteiger partial charge on any atom is 0.239 e. The summed E-state index contributed by atoms with van der Waals surface area (Å²) in [6.45, 7) is 5.02. The van der Waals surface area contributed by atoms with Crippen molar-refractivity contribution in [1.29, 1.82) is 0 Å². The molecular weight excluding hydrogens is 214 g/mol. The molecule has 0 spiro atoms. The summed E-state index contributed by atoms with van der Waals surface area (Å²) in [5.41, 5.74) is 6.83. The zero-order valence-corrected chi connectivity index (χ0v) is 10.2. The molecule has 2 N–H and O–H groups in total. The van der Waals surface area contributed by atoms with Crippen molar-refractivity contribution in [2.75, 3.05) is 31.1 Å². The topological polar surface area (TPSA) is 49.6 Å². The van der Waals surface area contributed by atoms with Crippen LogP contribution in [0, 0.1) is 0 Å². The van der Waals surface area contributed by atoms with E-state index in [0.717, 1.165) is 26.2 Å². The standard InChI is InChI=1S/C13H19N3O/c1-11(14)13(17)16-9-7-15(8-10-16)12-5-3-2-4-6-12/h2-6,11H,7-10,14H2,1H3. The van der Waals surface area contributed by atoms with Crippen LogP contribution in [-0.4, -0.2) is 43.0 Å². The van der Waals surface area contributed by atoms with Crippen LogP contribution in [0.1, 0.15) is 6.92 Å². The van der Waals surface area contributed by atoms with Crippen LogP contribution in [-0.2, 0) is 4.79 Å². The number of benzene rings is 1. The highest BCUT2D eigenvalue weighted by molar-refractivity contribution is 5.81. The molecule has 1 aromatic carbocycles. The number of nitrogens with two attached hydrogens (primary N) is 1. The number of para-hydroxylation sites is 1. The van der Waals surface area contributed by atoms with Gasteiger partial charge >= 0.3 is 0 Å². The highest BCUT2D eigenvalue weighted by atomic mass is 16.2. The Morgan fingerprint density at radius 2 is 1.76 bits per heavy atom. The van der Waals surface area contributed by atoms with Crippen molar-refractivity contribution >= 4 is 11.6 Å². The molecular formula is C13H19N3O. The van der Waals surface area contributed by atoms with Gasteiger partial charge in [-0.1, -0.05) is 18.2 Å². The van der Waals surface area contributed by atoms with Crippen molar-refractivity contribution in [1.82, 2.24) is 4.90 Å². The van der Waals surface area contributed by atoms with Crippen LogP contribution in [0.2, 0.25) is 0 Å². The van der Waals surface area contributed by atoms with Crippen molar-refractivity contribution in [2.45, 2.75) is 13.0 Å². The third kappa shape index (κ3) is 2.77. The normalized spacial score (nSPS) is 18.0. The molecule has 1 aliphatic heterocycles. The first-order valence-electron chi connectivity index (χ1n) is 6.03. The molecule has 1 saturated heterocycles. The molecule has 1 aliphatic rings. The van der Waals surface area contributed by atoms with Gasteiger partial charge in [0.2, 0.25) is 5.91 Å². The molecule has 0 aromatic heterocycles. The lowest BCUT2D eigenvalue weighted by atomic mass is 10.2. The summed E-state index contributed by atoms with van der Waals surface area (Å²) in [4.78, 5) is 15.9. The lowest BCUT2D eigenvalue weighted by molar-refractivity contribution is -0.132. The Kier molecular flexibility index (Phi) is 3.64. The number of rotatable bonds is 2. The molecule has 1 amide bonds. The molecule has 2 rings (SSSR count). The van der Waals surface area contributed by atoms with Crippen LogP contribution in [0.25, 0.3) is 0 Å². The van der Waals surface area contributed by atoms with Gasteiger partial charge in [0.15, 0.2) is 0 Å². The number of carbonyl (C=O) groups is 1. The third-order valence-corrected chi connectivity index (χ3v) is 3.10. The van der Waals surface area contributed by atoms with Gasteiger partial charge in [-0.2, -0.15) is 0 Å². The average Bonchev–Trinajstić information content (AvgIpc) is 2.39. The van der Waals surface area contributed by atoms with Crippen molar-refractivity contribution < 1.29 is 4.79 Å². The number of anilines is 1. The van der Waals surface area contributed by atoms with Crippen LogP contribution >= 0.6 is 0 Å². The largest absolute Gasteiger partial charge is 0.368 e. The van der Waals surface area contributed by atoms with Gasteiger partial charge in [-0.3, -0.25) is 4.79 Å². The number of amides is 1. The monoisotopic (exact) mass is 233 g/mol. The van der Waals surface area contributed by atoms with Crippen LogP contribution in [0.5, 0.6) is 0 Å². The summed E-state index contributed by atoms with van der Waals surface area (Å²) in [5.74, 6) is 0.0534. The number of carbonyl (C=O) groups excluding carboxylic acids is 1. The lowest BCUT2D eigenvalue weighted by Gasteiger charge is -2.36. The van der Waals surface area contributed by atoms with Crippen LogP contribution in [0.4, 0.5) is 5.69 Å². The summed E-state index contributed by atoms with van der Waals surface area (Å²) in [6, 6.07) is 9.90. The van der Waals surface area contributed by atoms with Crippen LogP contribution in [0.15, 0.2) is 30.3 Å². The molecule has 0 bridgehead atoms. The molecule has 1 atom stereocenters. The first-order chi connectivity index (χ1) is 8.18. The Hall–Kier alpha value is -1.55. The fraction of sp³-hybridized carbons (Fsp3) is 0.462. The van der Waals surface area contributed by atoms with Crippen LogP contribution < -0.4 is 10.6 Å². The molecule has 0 radical (unpaired) electrons. The molecule has 92 valence electrons. The van der Waals surface area contributed by atoms with E-state index in [1.807, 2.05) is 23.1 Å². The quantitative estimate of drug-likeness (QED) is 0.817. The Balaban J connectivity index is 1.93. The summed E-state index contributed by atoms with van der Waals surface area (Å²) < 4.78 is 0. The zero-order valence-electron chi connectivity index (χ0n) is 10.2. The summed E-state index contributed by atoms with van der Waals surface area (Å²) in [6.07, 6.45) is 0. The van der Waals surface area contributed by atoms with Crippen molar-refractivity contribution in [3.05, 3.63) is 30.3 Å². The average molecular weight is 233 g/mol. The smallest absolute Gasteiger partial charge is 0.239 e. The molecule has 4 heteroatoms. The maximum absolute atomic E-state index is 11.7. The summed E-state index contributed by atoms with van der Waals surface area (Å²) in [7, 11) is 0. The van der Waals surface area contributed by atoms with E-state index in [1.54, 1.807) is 6.92 Å². The fourth-order valence-corrected chi connectivity index (χ4v) is 2.11. The first-order valence-corrected chi connectivity index (χ1v) is 6.03. The summed E-state index contributed by atoms with van der Waals surface area (Å²) >= 11 is 0. The van der Waals surface area contributed by atoms with Gasteiger partial charge in [0.1, 0.15) is 0 Å². The lowest BCUT2D eigenvalue weighted by Crippen LogP contribution is -2.52. The second-order valence-electron chi connectivity index (χ2n) is 4.44. The van der Waals surface area contributed by atoms with Gasteiger partial charge in [-0.15, -0.1) is 0 Å². The molecule has 1 heterocycles. The third-order valence-electron chi connectivity index (χ3n) is 3.10. The number of hydrogen-bond donors (Lipinski definition) is 1. The predicted octanol–water partition coefficient (Wildman–Crippen LogP) is 0.682. The van der Waals surface area contributed by atoms with E-state index in [-0.39, 0.29) is 5.91 Å². The minimum Gasteiger partial charge on any atom is -0.368 e. The molecule has 1 fully saturated rings. The SMILES string of the molecule is CC(N)C(=O)N1CCN(c2ccccc2)CC1. The number of piperazine rings is 1. The molecule has 4 nitrogen and oxygen atoms in total. The van der Waals surface area contributed by atoms with E-state index >= 15 is 0 Å². The van der Waals surface area contributed by atoms with Crippen LogP contribution in [0.3, 0.4) is 0 Å². The zero-order chi connectivity index (χ0) is 12.3. The van der Waals surface area contributed by atoms with E-state index in [4.69, 9.17) is 5.73 Å². The van der Waals surface area contributed by atoms with E-state index in [2.05, 4.69) is 17.0 Å². The van der Waals surface area contributed by atoms with Gasteiger partial charge < -0.3 is 15.5 Å². The second-order valence-corrected chi connectivity index (χ2v) is 4.44. The predicted molar refractivity (Wildman–Crippen MR) is 68.9 cm³/mol. The van der Waals surface area contributed by atoms with Gasteiger partial charge in [0.05, 0.1) is 6.04 Å². The number of nitrogens with zero attached hydrogens (tertiary/aromatic N) is 2. The van der Waals surface area contributed by atoms with E-state index in [0.29, 0.717) is 0 Å². The second kappa shape index (κ2) is 5.19. The Labute approximate surface area is 102 Å². The van der Waals surface area contributed by atoms with Crippen molar-refractivity contribution in [3.63, 3.8) is 0 Å². The highest BCUT2D eigenvalue weighted by Crippen LogP contribution is 2.15. The molecule has 1 unspecified atom stereocenters. The molecule has 0 aliphatic carbocycles. The van der Waals surface area contributed by atoms with Gasteiger partial charge in [0, 0.05) is 31.9 Å². The van der Waals surface area contributed by atoms with E-state index < -0.39 is 6.04 Å². The first kappa shape index (κ1) is 11.9. The fourth-order valence-electron chi connectivity index (χ4n) is 2.11. The Bertz CT molecular complexity index is 370. The minimum absolute atomic E-state index is 0.0534. The van der Waals surface area contributed by atoms with Gasteiger partial charge in [-0.25, -0.2) is 0 Å². The Morgan fingerprint density at radius 3 is 2.29 bits per heavy atom. The van der Waals surface area contributed by atoms with Crippen molar-refractivity contribution in [3.8, 4) is 0 Å². The van der Waals surface area contributed by atoms with Gasteiger partial charge in [-0.05, 0) is 19.1 Å². The Morgan fingerprint density at radius 1 is 1.18 bits per heavy atom. The highest BCUT2D eigenvalue weighted by Gasteiger charge is 2.22. The van der Waals surface area contributed by atoms with Crippen molar-refractivity contribution in [2.24, 2.45) is 5.73 Å². The molecule has 0 saturated carbocycles. The van der Waals surface area contributed by atoms with Gasteiger partial charge in [0.25, 0.3) is 0 Å². The minimum atomic E-state index is -0.390.